The van der Waals surface area contributed by atoms with Crippen LogP contribution in [0.2, 0.25) is 0 Å². The number of piperidine rings is 1. The number of carbonyl (C=O) groups excluding carboxylic acids is 1. The van der Waals surface area contributed by atoms with E-state index in [1.54, 1.807) is 12.1 Å². The van der Waals surface area contributed by atoms with E-state index in [1.165, 1.54) is 10.4 Å². The van der Waals surface area contributed by atoms with E-state index in [0.29, 0.717) is 31.2 Å². The summed E-state index contributed by atoms with van der Waals surface area (Å²) in [5, 5.41) is 5.94. The molecule has 0 aromatic heterocycles. The summed E-state index contributed by atoms with van der Waals surface area (Å²) in [5.41, 5.74) is 1.40. The topological polar surface area (TPSA) is 78.5 Å². The van der Waals surface area contributed by atoms with Crippen LogP contribution < -0.4 is 10.6 Å². The van der Waals surface area contributed by atoms with Gasteiger partial charge in [-0.15, -0.1) is 12.4 Å². The zero-order chi connectivity index (χ0) is 15.7. The van der Waals surface area contributed by atoms with Gasteiger partial charge >= 0.3 is 0 Å². The molecule has 1 fully saturated rings. The summed E-state index contributed by atoms with van der Waals surface area (Å²) in [6.45, 7) is 1.63. The minimum absolute atomic E-state index is 0. The van der Waals surface area contributed by atoms with Crippen LogP contribution in [0, 0.1) is 0 Å². The summed E-state index contributed by atoms with van der Waals surface area (Å²) >= 11 is 0. The number of hydrogen-bond acceptors (Lipinski definition) is 4. The first-order valence-corrected chi connectivity index (χ1v) is 9.05. The molecule has 2 heterocycles. The maximum Gasteiger partial charge on any atom is 0.251 e. The molecule has 128 valence electrons. The quantitative estimate of drug-likeness (QED) is 0.835. The lowest BCUT2D eigenvalue weighted by Gasteiger charge is -2.31. The van der Waals surface area contributed by atoms with Crippen molar-refractivity contribution in [1.82, 2.24) is 14.9 Å². The van der Waals surface area contributed by atoms with Crippen molar-refractivity contribution in [1.29, 1.82) is 0 Å². The SMILES string of the molecule is CNC1CCN(S(=O)(=O)c2ccc3c(c2)C(=O)NCC3)CC1.Cl. The fraction of sp³-hybridized carbons (Fsp3) is 0.533. The lowest BCUT2D eigenvalue weighted by atomic mass is 10.0. The van der Waals surface area contributed by atoms with Gasteiger partial charge in [-0.2, -0.15) is 4.31 Å². The van der Waals surface area contributed by atoms with Crippen LogP contribution in [0.5, 0.6) is 0 Å². The number of rotatable bonds is 3. The molecule has 0 spiro atoms. The normalized spacial score (nSPS) is 19.6. The number of halogens is 1. The highest BCUT2D eigenvalue weighted by Gasteiger charge is 2.30. The molecule has 2 aliphatic rings. The number of fused-ring (bicyclic) bond motifs is 1. The van der Waals surface area contributed by atoms with Gasteiger partial charge in [0.15, 0.2) is 0 Å². The van der Waals surface area contributed by atoms with Crippen molar-refractivity contribution < 1.29 is 13.2 Å². The summed E-state index contributed by atoms with van der Waals surface area (Å²) in [7, 11) is -1.63. The van der Waals surface area contributed by atoms with Gasteiger partial charge in [0.2, 0.25) is 10.0 Å². The molecule has 0 aliphatic carbocycles. The smallest absolute Gasteiger partial charge is 0.251 e. The molecule has 2 aliphatic heterocycles. The Morgan fingerprint density at radius 3 is 2.61 bits per heavy atom. The molecule has 0 saturated carbocycles. The number of benzene rings is 1. The fourth-order valence-corrected chi connectivity index (χ4v) is 4.58. The van der Waals surface area contributed by atoms with E-state index in [9.17, 15) is 13.2 Å². The monoisotopic (exact) mass is 359 g/mol. The molecular formula is C15H22ClN3O3S. The Kier molecular flexibility index (Phi) is 5.67. The molecule has 23 heavy (non-hydrogen) atoms. The number of nitrogens with one attached hydrogen (secondary N) is 2. The zero-order valence-electron chi connectivity index (χ0n) is 13.0. The maximum absolute atomic E-state index is 12.7. The third kappa shape index (κ3) is 3.52. The van der Waals surface area contributed by atoms with Crippen LogP contribution in [0.1, 0.15) is 28.8 Å². The Morgan fingerprint density at radius 1 is 1.26 bits per heavy atom. The van der Waals surface area contributed by atoms with E-state index < -0.39 is 10.0 Å². The molecule has 0 atom stereocenters. The maximum atomic E-state index is 12.7. The number of hydrogen-bond donors (Lipinski definition) is 2. The Hall–Kier alpha value is -1.15. The first-order chi connectivity index (χ1) is 10.5. The Morgan fingerprint density at radius 2 is 1.96 bits per heavy atom. The van der Waals surface area contributed by atoms with Gasteiger partial charge in [0.25, 0.3) is 5.91 Å². The van der Waals surface area contributed by atoms with Crippen LogP contribution in [-0.2, 0) is 16.4 Å². The average molecular weight is 360 g/mol. The molecule has 0 unspecified atom stereocenters. The van der Waals surface area contributed by atoms with Crippen molar-refractivity contribution in [2.24, 2.45) is 0 Å². The number of amides is 1. The summed E-state index contributed by atoms with van der Waals surface area (Å²) in [6.07, 6.45) is 2.36. The highest BCUT2D eigenvalue weighted by molar-refractivity contribution is 7.89. The van der Waals surface area contributed by atoms with E-state index in [-0.39, 0.29) is 23.2 Å². The second kappa shape index (κ2) is 7.17. The minimum Gasteiger partial charge on any atom is -0.352 e. The van der Waals surface area contributed by atoms with Gasteiger partial charge in [0.05, 0.1) is 4.90 Å². The van der Waals surface area contributed by atoms with Gasteiger partial charge in [-0.25, -0.2) is 8.42 Å². The molecule has 0 bridgehead atoms. The van der Waals surface area contributed by atoms with Crippen LogP contribution in [0.4, 0.5) is 0 Å². The van der Waals surface area contributed by atoms with Crippen molar-refractivity contribution in [3.8, 4) is 0 Å². The number of nitrogens with zero attached hydrogens (tertiary/aromatic N) is 1. The third-order valence-corrected chi connectivity index (χ3v) is 6.40. The van der Waals surface area contributed by atoms with Gasteiger partial charge in [-0.1, -0.05) is 6.07 Å². The van der Waals surface area contributed by atoms with Gasteiger partial charge in [0, 0.05) is 31.2 Å². The van der Waals surface area contributed by atoms with Crippen LogP contribution >= 0.6 is 12.4 Å². The Bertz CT molecular complexity index is 685. The van der Waals surface area contributed by atoms with E-state index in [1.807, 2.05) is 7.05 Å². The zero-order valence-corrected chi connectivity index (χ0v) is 14.7. The van der Waals surface area contributed by atoms with Gasteiger partial charge in [-0.05, 0) is 44.0 Å². The molecule has 1 aromatic carbocycles. The first kappa shape index (κ1) is 18.2. The van der Waals surface area contributed by atoms with Crippen LogP contribution in [0.3, 0.4) is 0 Å². The Balaban J connectivity index is 0.00000192. The summed E-state index contributed by atoms with van der Waals surface area (Å²) in [5.74, 6) is -0.188. The van der Waals surface area contributed by atoms with Crippen molar-refractivity contribution in [2.45, 2.75) is 30.2 Å². The van der Waals surface area contributed by atoms with E-state index in [2.05, 4.69) is 10.6 Å². The van der Waals surface area contributed by atoms with Crippen molar-refractivity contribution in [3.05, 3.63) is 29.3 Å². The lowest BCUT2D eigenvalue weighted by Crippen LogP contribution is -2.44. The second-order valence-corrected chi connectivity index (χ2v) is 7.73. The number of sulfonamides is 1. The standard InChI is InChI=1S/C15H21N3O3S.ClH/c1-16-12-5-8-18(9-6-12)22(20,21)13-3-2-11-4-7-17-15(19)14(11)10-13;/h2-3,10,12,16H,4-9H2,1H3,(H,17,19);1H. The minimum atomic E-state index is -3.53. The van der Waals surface area contributed by atoms with E-state index >= 15 is 0 Å². The van der Waals surface area contributed by atoms with Gasteiger partial charge in [-0.3, -0.25) is 4.79 Å². The second-order valence-electron chi connectivity index (χ2n) is 5.79. The average Bonchev–Trinajstić information content (AvgIpc) is 2.55. The molecule has 1 saturated heterocycles. The molecular weight excluding hydrogens is 338 g/mol. The summed E-state index contributed by atoms with van der Waals surface area (Å²) in [6, 6.07) is 5.28. The highest BCUT2D eigenvalue weighted by atomic mass is 35.5. The largest absolute Gasteiger partial charge is 0.352 e. The molecule has 2 N–H and O–H groups in total. The predicted molar refractivity (Wildman–Crippen MR) is 90.6 cm³/mol. The first-order valence-electron chi connectivity index (χ1n) is 7.61. The van der Waals surface area contributed by atoms with E-state index in [4.69, 9.17) is 0 Å². The fourth-order valence-electron chi connectivity index (χ4n) is 3.09. The van der Waals surface area contributed by atoms with Crippen molar-refractivity contribution in [3.63, 3.8) is 0 Å². The lowest BCUT2D eigenvalue weighted by molar-refractivity contribution is 0.0945. The number of carbonyl (C=O) groups is 1. The van der Waals surface area contributed by atoms with Gasteiger partial charge in [0.1, 0.15) is 0 Å². The third-order valence-electron chi connectivity index (χ3n) is 4.51. The molecule has 8 heteroatoms. The summed E-state index contributed by atoms with van der Waals surface area (Å²) in [4.78, 5) is 12.1. The molecule has 6 nitrogen and oxygen atoms in total. The molecule has 1 amide bonds. The van der Waals surface area contributed by atoms with Crippen molar-refractivity contribution >= 4 is 28.3 Å². The molecule has 3 rings (SSSR count). The Labute approximate surface area is 143 Å². The van der Waals surface area contributed by atoms with Gasteiger partial charge < -0.3 is 10.6 Å². The van der Waals surface area contributed by atoms with Crippen molar-refractivity contribution in [2.75, 3.05) is 26.7 Å². The van der Waals surface area contributed by atoms with Crippen LogP contribution in [0.15, 0.2) is 23.1 Å². The predicted octanol–water partition coefficient (Wildman–Crippen LogP) is 0.767. The van der Waals surface area contributed by atoms with Crippen LogP contribution in [0.25, 0.3) is 0 Å². The van der Waals surface area contributed by atoms with E-state index in [0.717, 1.165) is 24.8 Å². The summed E-state index contributed by atoms with van der Waals surface area (Å²) < 4.78 is 27.0. The highest BCUT2D eigenvalue weighted by Crippen LogP contribution is 2.24. The molecule has 0 radical (unpaired) electrons. The molecule has 1 aromatic rings. The van der Waals surface area contributed by atoms with Crippen LogP contribution in [-0.4, -0.2) is 51.4 Å².